The number of thiophene rings is 1. The van der Waals surface area contributed by atoms with E-state index in [1.54, 1.807) is 4.90 Å². The quantitative estimate of drug-likeness (QED) is 0.683. The van der Waals surface area contributed by atoms with Crippen LogP contribution in [0.4, 0.5) is 5.69 Å². The Labute approximate surface area is 179 Å². The normalized spacial score (nSPS) is 14.2. The third-order valence-corrected chi connectivity index (χ3v) is 6.41. The lowest BCUT2D eigenvalue weighted by Gasteiger charge is -2.26. The molecular weight excluding hydrogens is 398 g/mol. The second-order valence-corrected chi connectivity index (χ2v) is 8.48. The molecule has 1 fully saturated rings. The number of hydrogen-bond donors (Lipinski definition) is 1. The third kappa shape index (κ3) is 3.95. The minimum absolute atomic E-state index is 0.0880. The summed E-state index contributed by atoms with van der Waals surface area (Å²) in [6.45, 7) is 8.14. The smallest absolute Gasteiger partial charge is 0.266 e. The number of morpholine rings is 1. The molecule has 4 rings (SSSR count). The molecule has 7 heteroatoms. The summed E-state index contributed by atoms with van der Waals surface area (Å²) in [4.78, 5) is 34.0. The Kier molecular flexibility index (Phi) is 5.83. The molecule has 0 spiro atoms. The van der Waals surface area contributed by atoms with Crippen LogP contribution in [-0.2, 0) is 11.2 Å². The van der Waals surface area contributed by atoms with E-state index in [4.69, 9.17) is 4.74 Å². The number of aryl methyl sites for hydroxylation is 3. The number of fused-ring (bicyclic) bond motifs is 1. The molecular formula is C23H25N3O3S. The van der Waals surface area contributed by atoms with Crippen molar-refractivity contribution >= 4 is 39.1 Å². The van der Waals surface area contributed by atoms with Gasteiger partial charge in [-0.1, -0.05) is 19.1 Å². The first-order chi connectivity index (χ1) is 14.5. The maximum Gasteiger partial charge on any atom is 0.266 e. The molecule has 1 aliphatic heterocycles. The van der Waals surface area contributed by atoms with Gasteiger partial charge in [0.1, 0.15) is 9.71 Å². The monoisotopic (exact) mass is 423 g/mol. The van der Waals surface area contributed by atoms with Gasteiger partial charge in [-0.3, -0.25) is 9.59 Å². The van der Waals surface area contributed by atoms with Crippen LogP contribution in [0.3, 0.4) is 0 Å². The number of anilines is 1. The fourth-order valence-electron chi connectivity index (χ4n) is 3.70. The number of amides is 2. The Bertz CT molecular complexity index is 1100. The Morgan fingerprint density at radius 2 is 1.87 bits per heavy atom. The number of nitrogens with one attached hydrogen (secondary N) is 1. The summed E-state index contributed by atoms with van der Waals surface area (Å²) in [5.41, 5.74) is 4.17. The molecule has 0 atom stereocenters. The first-order valence-corrected chi connectivity index (χ1v) is 11.0. The van der Waals surface area contributed by atoms with Crippen molar-refractivity contribution in [1.29, 1.82) is 0 Å². The summed E-state index contributed by atoms with van der Waals surface area (Å²) >= 11 is 1.34. The standard InChI is InChI=1S/C23H25N3O3S/c1-4-16-5-7-17(8-6-16)21(27)25-19-18-14(2)13-15(3)24-22(18)30-20(19)23(28)26-9-11-29-12-10-26/h5-8,13H,4,9-12H2,1-3H3,(H,25,27). The number of rotatable bonds is 4. The highest BCUT2D eigenvalue weighted by atomic mass is 32.1. The minimum atomic E-state index is -0.228. The minimum Gasteiger partial charge on any atom is -0.378 e. The van der Waals surface area contributed by atoms with Crippen LogP contribution in [0.15, 0.2) is 30.3 Å². The molecule has 1 aliphatic rings. The van der Waals surface area contributed by atoms with Crippen LogP contribution < -0.4 is 5.32 Å². The molecule has 30 heavy (non-hydrogen) atoms. The van der Waals surface area contributed by atoms with Crippen LogP contribution in [0.1, 0.15) is 43.8 Å². The summed E-state index contributed by atoms with van der Waals surface area (Å²) in [5, 5.41) is 3.85. The fraction of sp³-hybridized carbons (Fsp3) is 0.348. The summed E-state index contributed by atoms with van der Waals surface area (Å²) in [6, 6.07) is 9.53. The van der Waals surface area contributed by atoms with Crippen LogP contribution in [-0.4, -0.2) is 48.0 Å². The molecule has 2 aromatic heterocycles. The van der Waals surface area contributed by atoms with Crippen molar-refractivity contribution in [3.8, 4) is 0 Å². The van der Waals surface area contributed by atoms with Crippen molar-refractivity contribution < 1.29 is 14.3 Å². The number of ether oxygens (including phenoxy) is 1. The largest absolute Gasteiger partial charge is 0.378 e. The zero-order valence-electron chi connectivity index (χ0n) is 17.4. The van der Waals surface area contributed by atoms with Crippen molar-refractivity contribution in [2.45, 2.75) is 27.2 Å². The van der Waals surface area contributed by atoms with Gasteiger partial charge in [0.25, 0.3) is 11.8 Å². The highest BCUT2D eigenvalue weighted by Crippen LogP contribution is 2.38. The highest BCUT2D eigenvalue weighted by Gasteiger charge is 2.27. The fourth-order valence-corrected chi connectivity index (χ4v) is 4.92. The third-order valence-electron chi connectivity index (χ3n) is 5.34. The lowest BCUT2D eigenvalue weighted by atomic mass is 10.1. The van der Waals surface area contributed by atoms with E-state index >= 15 is 0 Å². The van der Waals surface area contributed by atoms with Gasteiger partial charge in [-0.15, -0.1) is 11.3 Å². The summed E-state index contributed by atoms with van der Waals surface area (Å²) in [6.07, 6.45) is 0.916. The van der Waals surface area contributed by atoms with Gasteiger partial charge < -0.3 is 15.0 Å². The van der Waals surface area contributed by atoms with Crippen molar-refractivity contribution in [1.82, 2.24) is 9.88 Å². The predicted molar refractivity (Wildman–Crippen MR) is 120 cm³/mol. The van der Waals surface area contributed by atoms with E-state index < -0.39 is 0 Å². The van der Waals surface area contributed by atoms with Crippen LogP contribution in [0.2, 0.25) is 0 Å². The summed E-state index contributed by atoms with van der Waals surface area (Å²) < 4.78 is 5.38. The zero-order valence-corrected chi connectivity index (χ0v) is 18.3. The molecule has 1 N–H and O–H groups in total. The van der Waals surface area contributed by atoms with E-state index in [0.29, 0.717) is 42.4 Å². The molecule has 1 saturated heterocycles. The Balaban J connectivity index is 1.75. The summed E-state index contributed by atoms with van der Waals surface area (Å²) in [5.74, 6) is -0.316. The van der Waals surface area contributed by atoms with Crippen molar-refractivity contribution in [2.75, 3.05) is 31.6 Å². The Morgan fingerprint density at radius 1 is 1.17 bits per heavy atom. The molecule has 2 amide bonds. The second kappa shape index (κ2) is 8.53. The molecule has 3 aromatic rings. The van der Waals surface area contributed by atoms with Gasteiger partial charge in [-0.05, 0) is 49.6 Å². The SMILES string of the molecule is CCc1ccc(C(=O)Nc2c(C(=O)N3CCOCC3)sc3nc(C)cc(C)c23)cc1. The number of aromatic nitrogens is 1. The number of nitrogens with zero attached hydrogens (tertiary/aromatic N) is 2. The first kappa shape index (κ1) is 20.5. The number of benzene rings is 1. The highest BCUT2D eigenvalue weighted by molar-refractivity contribution is 7.21. The molecule has 156 valence electrons. The maximum atomic E-state index is 13.3. The van der Waals surface area contributed by atoms with Gasteiger partial charge in [-0.2, -0.15) is 0 Å². The van der Waals surface area contributed by atoms with E-state index in [1.807, 2.05) is 44.2 Å². The number of hydrogen-bond acceptors (Lipinski definition) is 5. The van der Waals surface area contributed by atoms with E-state index in [9.17, 15) is 9.59 Å². The molecule has 6 nitrogen and oxygen atoms in total. The molecule has 3 heterocycles. The molecule has 0 bridgehead atoms. The van der Waals surface area contributed by atoms with E-state index in [2.05, 4.69) is 17.2 Å². The summed E-state index contributed by atoms with van der Waals surface area (Å²) in [7, 11) is 0. The van der Waals surface area contributed by atoms with E-state index in [0.717, 1.165) is 27.9 Å². The second-order valence-electron chi connectivity index (χ2n) is 7.48. The van der Waals surface area contributed by atoms with Crippen LogP contribution >= 0.6 is 11.3 Å². The van der Waals surface area contributed by atoms with E-state index in [1.165, 1.54) is 16.9 Å². The van der Waals surface area contributed by atoms with Gasteiger partial charge >= 0.3 is 0 Å². The average molecular weight is 424 g/mol. The van der Waals surface area contributed by atoms with Crippen molar-refractivity contribution in [3.05, 3.63) is 57.6 Å². The first-order valence-electron chi connectivity index (χ1n) is 10.2. The number of pyridine rings is 1. The number of carbonyl (C=O) groups excluding carboxylic acids is 2. The van der Waals surface area contributed by atoms with Crippen molar-refractivity contribution in [3.63, 3.8) is 0 Å². The molecule has 0 radical (unpaired) electrons. The van der Waals surface area contributed by atoms with Crippen LogP contribution in [0.25, 0.3) is 10.2 Å². The van der Waals surface area contributed by atoms with Gasteiger partial charge in [-0.25, -0.2) is 4.98 Å². The van der Waals surface area contributed by atoms with Gasteiger partial charge in [0.2, 0.25) is 0 Å². The predicted octanol–water partition coefficient (Wildman–Crippen LogP) is 4.20. The topological polar surface area (TPSA) is 71.5 Å². The lowest BCUT2D eigenvalue weighted by molar-refractivity contribution is 0.0307. The molecule has 0 unspecified atom stereocenters. The average Bonchev–Trinajstić information content (AvgIpc) is 3.12. The van der Waals surface area contributed by atoms with Crippen molar-refractivity contribution in [2.24, 2.45) is 0 Å². The lowest BCUT2D eigenvalue weighted by Crippen LogP contribution is -2.40. The Hall–Kier alpha value is -2.77. The van der Waals surface area contributed by atoms with Gasteiger partial charge in [0, 0.05) is 29.7 Å². The maximum absolute atomic E-state index is 13.3. The molecule has 0 saturated carbocycles. The molecule has 1 aromatic carbocycles. The number of carbonyl (C=O) groups is 2. The van der Waals surface area contributed by atoms with E-state index in [-0.39, 0.29) is 11.8 Å². The van der Waals surface area contributed by atoms with Gasteiger partial charge in [0.05, 0.1) is 18.9 Å². The van der Waals surface area contributed by atoms with Crippen LogP contribution in [0.5, 0.6) is 0 Å². The zero-order chi connectivity index (χ0) is 21.3. The molecule has 0 aliphatic carbocycles. The Morgan fingerprint density at radius 3 is 2.53 bits per heavy atom. The van der Waals surface area contributed by atoms with Crippen LogP contribution in [0, 0.1) is 13.8 Å². The van der Waals surface area contributed by atoms with Gasteiger partial charge in [0.15, 0.2) is 0 Å².